The Balaban J connectivity index is 1.71. The molecule has 0 bridgehead atoms. The highest BCUT2D eigenvalue weighted by Gasteiger charge is 2.11. The van der Waals surface area contributed by atoms with E-state index in [1.54, 1.807) is 24.3 Å². The van der Waals surface area contributed by atoms with E-state index in [0.717, 1.165) is 11.1 Å². The summed E-state index contributed by atoms with van der Waals surface area (Å²) in [5.74, 6) is 0.622. The molecule has 1 aromatic heterocycles. The van der Waals surface area contributed by atoms with Gasteiger partial charge in [0, 0.05) is 23.2 Å². The van der Waals surface area contributed by atoms with Crippen molar-refractivity contribution in [1.29, 1.82) is 5.26 Å². The van der Waals surface area contributed by atoms with E-state index in [1.807, 2.05) is 48.5 Å². The van der Waals surface area contributed by atoms with E-state index in [2.05, 4.69) is 5.32 Å². The highest BCUT2D eigenvalue weighted by molar-refractivity contribution is 6.30. The summed E-state index contributed by atoms with van der Waals surface area (Å²) in [6.07, 6.45) is 1.43. The Kier molecular flexibility index (Phi) is 5.52. The topological polar surface area (TPSA) is 66.0 Å². The Morgan fingerprint density at radius 2 is 1.81 bits per heavy atom. The van der Waals surface area contributed by atoms with E-state index in [0.29, 0.717) is 23.1 Å². The van der Waals surface area contributed by atoms with Crippen LogP contribution in [0.3, 0.4) is 0 Å². The minimum atomic E-state index is -0.444. The minimum Gasteiger partial charge on any atom is -0.457 e. The van der Waals surface area contributed by atoms with E-state index in [4.69, 9.17) is 16.0 Å². The smallest absolute Gasteiger partial charge is 0.262 e. The SMILES string of the molecule is N#CC(=Cc1ccc(-c2ccc(Cl)cc2)o1)C(=O)NCc1ccccc1. The quantitative estimate of drug-likeness (QED) is 0.522. The number of rotatable bonds is 5. The molecule has 0 aliphatic carbocycles. The van der Waals surface area contributed by atoms with Crippen molar-refractivity contribution >= 4 is 23.6 Å². The van der Waals surface area contributed by atoms with E-state index in [-0.39, 0.29) is 5.57 Å². The van der Waals surface area contributed by atoms with Crippen LogP contribution in [0.5, 0.6) is 0 Å². The molecule has 0 saturated heterocycles. The van der Waals surface area contributed by atoms with Gasteiger partial charge in [0.1, 0.15) is 23.2 Å². The van der Waals surface area contributed by atoms with Crippen LogP contribution in [0.25, 0.3) is 17.4 Å². The molecule has 0 aliphatic rings. The molecular formula is C21H15ClN2O2. The number of nitrogens with one attached hydrogen (secondary N) is 1. The maximum Gasteiger partial charge on any atom is 0.262 e. The number of hydrogen-bond donors (Lipinski definition) is 1. The van der Waals surface area contributed by atoms with Crippen LogP contribution in [0, 0.1) is 11.3 Å². The lowest BCUT2D eigenvalue weighted by molar-refractivity contribution is -0.117. The molecule has 5 heteroatoms. The molecule has 26 heavy (non-hydrogen) atoms. The van der Waals surface area contributed by atoms with Crippen LogP contribution in [0.2, 0.25) is 5.02 Å². The zero-order valence-electron chi connectivity index (χ0n) is 13.8. The van der Waals surface area contributed by atoms with Gasteiger partial charge in [-0.3, -0.25) is 4.79 Å². The molecule has 0 aliphatic heterocycles. The second kappa shape index (κ2) is 8.19. The molecule has 0 atom stereocenters. The first kappa shape index (κ1) is 17.5. The monoisotopic (exact) mass is 362 g/mol. The molecule has 1 N–H and O–H groups in total. The van der Waals surface area contributed by atoms with Crippen LogP contribution in [0.4, 0.5) is 0 Å². The zero-order chi connectivity index (χ0) is 18.4. The lowest BCUT2D eigenvalue weighted by Gasteiger charge is -2.03. The number of carbonyl (C=O) groups excluding carboxylic acids is 1. The third kappa shape index (κ3) is 4.41. The van der Waals surface area contributed by atoms with Crippen molar-refractivity contribution in [3.63, 3.8) is 0 Å². The van der Waals surface area contributed by atoms with E-state index in [1.165, 1.54) is 6.08 Å². The first-order chi connectivity index (χ1) is 12.7. The molecule has 3 rings (SSSR count). The van der Waals surface area contributed by atoms with Gasteiger partial charge in [0.15, 0.2) is 0 Å². The second-order valence-corrected chi connectivity index (χ2v) is 5.98. The summed E-state index contributed by atoms with van der Waals surface area (Å²) in [6, 6.07) is 22.1. The van der Waals surface area contributed by atoms with E-state index >= 15 is 0 Å². The number of amides is 1. The summed E-state index contributed by atoms with van der Waals surface area (Å²) in [4.78, 5) is 12.2. The van der Waals surface area contributed by atoms with Crippen molar-refractivity contribution in [3.05, 3.63) is 88.6 Å². The van der Waals surface area contributed by atoms with Crippen LogP contribution in [0.15, 0.2) is 76.7 Å². The van der Waals surface area contributed by atoms with E-state index < -0.39 is 5.91 Å². The van der Waals surface area contributed by atoms with Gasteiger partial charge in [0.25, 0.3) is 5.91 Å². The van der Waals surface area contributed by atoms with Crippen LogP contribution in [-0.4, -0.2) is 5.91 Å². The van der Waals surface area contributed by atoms with Crippen molar-refractivity contribution in [3.8, 4) is 17.4 Å². The van der Waals surface area contributed by atoms with Gasteiger partial charge >= 0.3 is 0 Å². The average molecular weight is 363 g/mol. The Labute approximate surface area is 156 Å². The fourth-order valence-electron chi connectivity index (χ4n) is 2.36. The fourth-order valence-corrected chi connectivity index (χ4v) is 2.49. The van der Waals surface area contributed by atoms with Gasteiger partial charge in [0.05, 0.1) is 0 Å². The molecule has 0 fully saturated rings. The van der Waals surface area contributed by atoms with E-state index in [9.17, 15) is 10.1 Å². The van der Waals surface area contributed by atoms with Crippen LogP contribution >= 0.6 is 11.6 Å². The average Bonchev–Trinajstić information content (AvgIpc) is 3.14. The second-order valence-electron chi connectivity index (χ2n) is 5.55. The largest absolute Gasteiger partial charge is 0.457 e. The maximum atomic E-state index is 12.2. The van der Waals surface area contributed by atoms with Gasteiger partial charge in [-0.05, 0) is 42.0 Å². The Bertz CT molecular complexity index is 967. The summed E-state index contributed by atoms with van der Waals surface area (Å²) < 4.78 is 5.70. The van der Waals surface area contributed by atoms with Crippen molar-refractivity contribution in [2.24, 2.45) is 0 Å². The highest BCUT2D eigenvalue weighted by atomic mass is 35.5. The first-order valence-corrected chi connectivity index (χ1v) is 8.33. The van der Waals surface area contributed by atoms with Crippen molar-refractivity contribution in [2.45, 2.75) is 6.54 Å². The molecular weight excluding hydrogens is 348 g/mol. The summed E-state index contributed by atoms with van der Waals surface area (Å²) in [6.45, 7) is 0.354. The fraction of sp³-hybridized carbons (Fsp3) is 0.0476. The number of halogens is 1. The molecule has 0 spiro atoms. The van der Waals surface area contributed by atoms with Crippen molar-refractivity contribution in [1.82, 2.24) is 5.32 Å². The summed E-state index contributed by atoms with van der Waals surface area (Å²) in [5.41, 5.74) is 1.81. The normalized spacial score (nSPS) is 11.0. The van der Waals surface area contributed by atoms with Crippen LogP contribution < -0.4 is 5.32 Å². The standard InChI is InChI=1S/C21H15ClN2O2/c22-18-8-6-16(7-9-18)20-11-10-19(26-20)12-17(13-23)21(25)24-14-15-4-2-1-3-5-15/h1-12H,14H2,(H,24,25). The Morgan fingerprint density at radius 3 is 2.50 bits per heavy atom. The number of carbonyl (C=O) groups is 1. The number of benzene rings is 2. The van der Waals surface area contributed by atoms with Crippen LogP contribution in [-0.2, 0) is 11.3 Å². The van der Waals surface area contributed by atoms with Gasteiger partial charge in [-0.25, -0.2) is 0 Å². The number of nitrogens with zero attached hydrogens (tertiary/aromatic N) is 1. The predicted molar refractivity (Wildman–Crippen MR) is 101 cm³/mol. The zero-order valence-corrected chi connectivity index (χ0v) is 14.5. The summed E-state index contributed by atoms with van der Waals surface area (Å²) >= 11 is 5.88. The molecule has 2 aromatic carbocycles. The Morgan fingerprint density at radius 1 is 1.08 bits per heavy atom. The Hall–Kier alpha value is -3.29. The summed E-state index contributed by atoms with van der Waals surface area (Å²) in [5, 5.41) is 12.6. The van der Waals surface area contributed by atoms with Gasteiger partial charge in [-0.1, -0.05) is 41.9 Å². The van der Waals surface area contributed by atoms with Crippen molar-refractivity contribution < 1.29 is 9.21 Å². The minimum absolute atomic E-state index is 0.0158. The highest BCUT2D eigenvalue weighted by Crippen LogP contribution is 2.24. The predicted octanol–water partition coefficient (Wildman–Crippen LogP) is 4.82. The molecule has 0 saturated carbocycles. The molecule has 0 radical (unpaired) electrons. The number of hydrogen-bond acceptors (Lipinski definition) is 3. The molecule has 1 heterocycles. The van der Waals surface area contributed by atoms with Gasteiger partial charge in [0.2, 0.25) is 0 Å². The lowest BCUT2D eigenvalue weighted by Crippen LogP contribution is -2.23. The number of furan rings is 1. The van der Waals surface area contributed by atoms with Gasteiger partial charge < -0.3 is 9.73 Å². The third-order valence-electron chi connectivity index (χ3n) is 3.70. The molecule has 0 unspecified atom stereocenters. The maximum absolute atomic E-state index is 12.2. The molecule has 1 amide bonds. The summed E-state index contributed by atoms with van der Waals surface area (Å²) in [7, 11) is 0. The number of nitriles is 1. The van der Waals surface area contributed by atoms with Crippen LogP contribution in [0.1, 0.15) is 11.3 Å². The molecule has 4 nitrogen and oxygen atoms in total. The first-order valence-electron chi connectivity index (χ1n) is 7.95. The third-order valence-corrected chi connectivity index (χ3v) is 3.96. The lowest BCUT2D eigenvalue weighted by atomic mass is 10.2. The van der Waals surface area contributed by atoms with Crippen molar-refractivity contribution in [2.75, 3.05) is 0 Å². The van der Waals surface area contributed by atoms with Gasteiger partial charge in [-0.2, -0.15) is 5.26 Å². The van der Waals surface area contributed by atoms with Gasteiger partial charge in [-0.15, -0.1) is 0 Å². The molecule has 3 aromatic rings. The molecule has 128 valence electrons.